The fourth-order valence-electron chi connectivity index (χ4n) is 1.98. The van der Waals surface area contributed by atoms with Gasteiger partial charge in [-0.25, -0.2) is 8.78 Å². The van der Waals surface area contributed by atoms with Gasteiger partial charge in [0.25, 0.3) is 0 Å². The summed E-state index contributed by atoms with van der Waals surface area (Å²) in [6, 6.07) is 3.90. The molecule has 0 aromatic heterocycles. The minimum atomic E-state index is -0.818. The number of halogens is 3. The Morgan fingerprint density at radius 1 is 1.00 bits per heavy atom. The first-order valence-electron chi connectivity index (χ1n) is 6.74. The molecule has 1 aromatic rings. The summed E-state index contributed by atoms with van der Waals surface area (Å²) in [6.07, 6.45) is 8.05. The molecule has 0 saturated heterocycles. The van der Waals surface area contributed by atoms with Gasteiger partial charge < -0.3 is 0 Å². The zero-order valence-electron chi connectivity index (χ0n) is 10.9. The van der Waals surface area contributed by atoms with Crippen molar-refractivity contribution >= 4 is 11.6 Å². The zero-order chi connectivity index (χ0) is 13.4. The second-order valence-electron chi connectivity index (χ2n) is 4.70. The zero-order valence-corrected chi connectivity index (χ0v) is 11.6. The van der Waals surface area contributed by atoms with Gasteiger partial charge in [-0.2, -0.15) is 0 Å². The predicted octanol–water partition coefficient (Wildman–Crippen LogP) is 6.00. The number of hydrogen-bond acceptors (Lipinski definition) is 0. The molecule has 102 valence electrons. The fourth-order valence-corrected chi connectivity index (χ4v) is 2.27. The highest BCUT2D eigenvalue weighted by molar-refractivity contribution is 6.20. The highest BCUT2D eigenvalue weighted by Crippen LogP contribution is 2.27. The summed E-state index contributed by atoms with van der Waals surface area (Å²) in [7, 11) is 0. The lowest BCUT2D eigenvalue weighted by Gasteiger charge is -2.10. The standard InChI is InChI=1S/C15H21ClF2/c1-2-3-4-5-6-7-8-13(16)12-9-10-14(17)15(18)11-12/h9-11,13H,2-8H2,1H3. The van der Waals surface area contributed by atoms with Crippen LogP contribution in [0.25, 0.3) is 0 Å². The van der Waals surface area contributed by atoms with Crippen molar-refractivity contribution in [1.82, 2.24) is 0 Å². The molecule has 0 bridgehead atoms. The van der Waals surface area contributed by atoms with Gasteiger partial charge in [0.05, 0.1) is 5.38 Å². The molecule has 0 saturated carbocycles. The van der Waals surface area contributed by atoms with Crippen molar-refractivity contribution in [3.05, 3.63) is 35.4 Å². The molecule has 0 fully saturated rings. The Morgan fingerprint density at radius 2 is 1.67 bits per heavy atom. The van der Waals surface area contributed by atoms with Crippen molar-refractivity contribution in [3.63, 3.8) is 0 Å². The van der Waals surface area contributed by atoms with E-state index in [-0.39, 0.29) is 5.38 Å². The lowest BCUT2D eigenvalue weighted by Crippen LogP contribution is -1.94. The van der Waals surface area contributed by atoms with Gasteiger partial charge in [0.2, 0.25) is 0 Å². The molecule has 1 rings (SSSR count). The van der Waals surface area contributed by atoms with E-state index in [0.717, 1.165) is 25.3 Å². The molecule has 0 radical (unpaired) electrons. The molecule has 1 aromatic carbocycles. The number of unbranched alkanes of at least 4 members (excludes halogenated alkanes) is 5. The van der Waals surface area contributed by atoms with Crippen molar-refractivity contribution in [2.75, 3.05) is 0 Å². The minimum absolute atomic E-state index is 0.216. The predicted molar refractivity (Wildman–Crippen MR) is 72.9 cm³/mol. The largest absolute Gasteiger partial charge is 0.204 e. The Hall–Kier alpha value is -0.630. The minimum Gasteiger partial charge on any atom is -0.204 e. The fraction of sp³-hybridized carbons (Fsp3) is 0.600. The van der Waals surface area contributed by atoms with Gasteiger partial charge in [0.1, 0.15) is 0 Å². The Kier molecular flexibility index (Phi) is 7.26. The highest BCUT2D eigenvalue weighted by Gasteiger charge is 2.10. The molecule has 0 aliphatic carbocycles. The summed E-state index contributed by atoms with van der Waals surface area (Å²) in [5, 5.41) is -0.216. The van der Waals surface area contributed by atoms with Crippen molar-refractivity contribution in [1.29, 1.82) is 0 Å². The Morgan fingerprint density at radius 3 is 2.33 bits per heavy atom. The van der Waals surface area contributed by atoms with Crippen molar-refractivity contribution in [3.8, 4) is 0 Å². The number of rotatable bonds is 8. The Labute approximate surface area is 113 Å². The summed E-state index contributed by atoms with van der Waals surface area (Å²) in [5.41, 5.74) is 0.670. The van der Waals surface area contributed by atoms with Gasteiger partial charge >= 0.3 is 0 Å². The van der Waals surface area contributed by atoms with E-state index >= 15 is 0 Å². The Bertz CT molecular complexity index is 352. The van der Waals surface area contributed by atoms with E-state index in [0.29, 0.717) is 5.56 Å². The highest BCUT2D eigenvalue weighted by atomic mass is 35.5. The van der Waals surface area contributed by atoms with E-state index in [2.05, 4.69) is 6.92 Å². The van der Waals surface area contributed by atoms with Gasteiger partial charge in [-0.05, 0) is 24.1 Å². The molecule has 0 nitrogen and oxygen atoms in total. The van der Waals surface area contributed by atoms with Crippen LogP contribution in [0.1, 0.15) is 62.8 Å². The van der Waals surface area contributed by atoms with Crippen LogP contribution in [0.2, 0.25) is 0 Å². The van der Waals surface area contributed by atoms with E-state index in [1.54, 1.807) is 6.07 Å². The molecule has 0 spiro atoms. The maximum Gasteiger partial charge on any atom is 0.159 e. The quantitative estimate of drug-likeness (QED) is 0.403. The maximum absolute atomic E-state index is 13.0. The molecule has 18 heavy (non-hydrogen) atoms. The van der Waals surface area contributed by atoms with Crippen molar-refractivity contribution in [2.24, 2.45) is 0 Å². The monoisotopic (exact) mass is 274 g/mol. The first-order valence-corrected chi connectivity index (χ1v) is 7.17. The van der Waals surface area contributed by atoms with Gasteiger partial charge in [-0.3, -0.25) is 0 Å². The van der Waals surface area contributed by atoms with Gasteiger partial charge in [0.15, 0.2) is 11.6 Å². The molecule has 3 heteroatoms. The summed E-state index contributed by atoms with van der Waals surface area (Å²) in [6.45, 7) is 2.19. The number of benzene rings is 1. The lowest BCUT2D eigenvalue weighted by atomic mass is 10.0. The summed E-state index contributed by atoms with van der Waals surface area (Å²) in [4.78, 5) is 0. The summed E-state index contributed by atoms with van der Waals surface area (Å²) >= 11 is 6.18. The average Bonchev–Trinajstić information content (AvgIpc) is 2.36. The molecule has 0 aliphatic rings. The maximum atomic E-state index is 13.0. The van der Waals surface area contributed by atoms with Crippen LogP contribution in [0.15, 0.2) is 18.2 Å². The third-order valence-electron chi connectivity index (χ3n) is 3.12. The van der Waals surface area contributed by atoms with Crippen LogP contribution in [0.3, 0.4) is 0 Å². The molecular weight excluding hydrogens is 254 g/mol. The number of hydrogen-bond donors (Lipinski definition) is 0. The van der Waals surface area contributed by atoms with Crippen molar-refractivity contribution in [2.45, 2.75) is 57.2 Å². The molecule has 0 heterocycles. The third kappa shape index (κ3) is 5.34. The van der Waals surface area contributed by atoms with Crippen LogP contribution in [0.4, 0.5) is 8.78 Å². The van der Waals surface area contributed by atoms with E-state index in [4.69, 9.17) is 11.6 Å². The van der Waals surface area contributed by atoms with Crippen LogP contribution in [0, 0.1) is 11.6 Å². The normalized spacial score (nSPS) is 12.7. The molecule has 0 N–H and O–H groups in total. The molecule has 1 atom stereocenters. The Balaban J connectivity index is 2.27. The second-order valence-corrected chi connectivity index (χ2v) is 5.22. The van der Waals surface area contributed by atoms with Crippen LogP contribution in [-0.2, 0) is 0 Å². The third-order valence-corrected chi connectivity index (χ3v) is 3.59. The topological polar surface area (TPSA) is 0 Å². The van der Waals surface area contributed by atoms with Crippen LogP contribution in [-0.4, -0.2) is 0 Å². The SMILES string of the molecule is CCCCCCCCC(Cl)c1ccc(F)c(F)c1. The van der Waals surface area contributed by atoms with Gasteiger partial charge in [0, 0.05) is 0 Å². The first kappa shape index (κ1) is 15.4. The second kappa shape index (κ2) is 8.47. The van der Waals surface area contributed by atoms with E-state index in [1.807, 2.05) is 0 Å². The molecule has 0 amide bonds. The smallest absolute Gasteiger partial charge is 0.159 e. The van der Waals surface area contributed by atoms with Gasteiger partial charge in [-0.1, -0.05) is 51.5 Å². The van der Waals surface area contributed by atoms with Crippen molar-refractivity contribution < 1.29 is 8.78 Å². The van der Waals surface area contributed by atoms with E-state index in [9.17, 15) is 8.78 Å². The molecule has 1 unspecified atom stereocenters. The summed E-state index contributed by atoms with van der Waals surface area (Å²) < 4.78 is 25.8. The van der Waals surface area contributed by atoms with Crippen LogP contribution >= 0.6 is 11.6 Å². The van der Waals surface area contributed by atoms with E-state index in [1.165, 1.54) is 31.7 Å². The number of alkyl halides is 1. The lowest BCUT2D eigenvalue weighted by molar-refractivity contribution is 0.506. The molecule has 0 aliphatic heterocycles. The average molecular weight is 275 g/mol. The van der Waals surface area contributed by atoms with Gasteiger partial charge in [-0.15, -0.1) is 11.6 Å². The first-order chi connectivity index (χ1) is 8.65. The van der Waals surface area contributed by atoms with E-state index < -0.39 is 11.6 Å². The van der Waals surface area contributed by atoms with Crippen LogP contribution in [0.5, 0.6) is 0 Å². The molecular formula is C15H21ClF2. The van der Waals surface area contributed by atoms with Crippen LogP contribution < -0.4 is 0 Å². The summed E-state index contributed by atoms with van der Waals surface area (Å²) in [5.74, 6) is -1.64.